The molecule has 8 aromatic rings. The molecule has 0 aliphatic rings. The van der Waals surface area contributed by atoms with E-state index in [4.69, 9.17) is 21.6 Å². The maximum atomic E-state index is 6.56. The van der Waals surface area contributed by atoms with Crippen LogP contribution in [0.3, 0.4) is 0 Å². The summed E-state index contributed by atoms with van der Waals surface area (Å²) in [4.78, 5) is 9.57. The highest BCUT2D eigenvalue weighted by atomic mass is 79.9. The van der Waals surface area contributed by atoms with Gasteiger partial charge in [0.2, 0.25) is 5.28 Å². The van der Waals surface area contributed by atoms with Gasteiger partial charge >= 0.3 is 0 Å². The Morgan fingerprint density at radius 3 is 1.90 bits per heavy atom. The van der Waals surface area contributed by atoms with Gasteiger partial charge in [-0.15, -0.1) is 0 Å². The Labute approximate surface area is 244 Å². The summed E-state index contributed by atoms with van der Waals surface area (Å²) in [6, 6.07) is 42.9. The Kier molecular flexibility index (Phi) is 5.38. The summed E-state index contributed by atoms with van der Waals surface area (Å²) in [5, 5.41) is 10.8. The Hall–Kier alpha value is -4.31. The maximum absolute atomic E-state index is 6.56. The molecule has 0 spiro atoms. The fourth-order valence-corrected chi connectivity index (χ4v) is 6.61. The monoisotopic (exact) mass is 594 g/mol. The molecule has 1 heterocycles. The summed E-state index contributed by atoms with van der Waals surface area (Å²) in [7, 11) is 0. The summed E-state index contributed by atoms with van der Waals surface area (Å²) < 4.78 is 1.06. The van der Waals surface area contributed by atoms with Crippen LogP contribution < -0.4 is 0 Å². The van der Waals surface area contributed by atoms with Gasteiger partial charge in [-0.25, -0.2) is 9.97 Å². The first kappa shape index (κ1) is 23.6. The number of hydrogen-bond donors (Lipinski definition) is 0. The number of benzene rings is 7. The molecule has 188 valence electrons. The fourth-order valence-electron chi connectivity index (χ4n) is 6.08. The molecular weight excluding hydrogens is 576 g/mol. The van der Waals surface area contributed by atoms with Crippen LogP contribution in [0.2, 0.25) is 5.28 Å². The molecule has 0 fully saturated rings. The minimum Gasteiger partial charge on any atom is -0.217 e. The lowest BCUT2D eigenvalue weighted by Gasteiger charge is -2.16. The average molecular weight is 596 g/mol. The normalized spacial score (nSPS) is 11.8. The van der Waals surface area contributed by atoms with Gasteiger partial charge in [0.15, 0.2) is 0 Å². The largest absolute Gasteiger partial charge is 0.223 e. The van der Waals surface area contributed by atoms with E-state index in [9.17, 15) is 0 Å². The minimum atomic E-state index is 0.245. The third kappa shape index (κ3) is 3.62. The molecule has 0 unspecified atom stereocenters. The van der Waals surface area contributed by atoms with Crippen molar-refractivity contribution in [3.8, 4) is 22.4 Å². The van der Waals surface area contributed by atoms with Crippen molar-refractivity contribution >= 4 is 81.5 Å². The summed E-state index contributed by atoms with van der Waals surface area (Å²) in [5.41, 5.74) is 4.90. The number of fused-ring (bicyclic) bond motifs is 9. The molecule has 0 N–H and O–H groups in total. The van der Waals surface area contributed by atoms with Crippen LogP contribution in [0.15, 0.2) is 126 Å². The van der Waals surface area contributed by atoms with Crippen LogP contribution in [0.1, 0.15) is 0 Å². The number of rotatable bonds is 2. The zero-order chi connectivity index (χ0) is 26.8. The zero-order valence-corrected chi connectivity index (χ0v) is 23.5. The number of halogens is 2. The Morgan fingerprint density at radius 2 is 1.12 bits per heavy atom. The van der Waals surface area contributed by atoms with Crippen LogP contribution in [-0.4, -0.2) is 9.97 Å². The lowest BCUT2D eigenvalue weighted by Crippen LogP contribution is -1.95. The van der Waals surface area contributed by atoms with Gasteiger partial charge in [0.05, 0.1) is 11.2 Å². The second-order valence-electron chi connectivity index (χ2n) is 10.1. The van der Waals surface area contributed by atoms with Gasteiger partial charge in [0, 0.05) is 20.8 Å². The van der Waals surface area contributed by atoms with Gasteiger partial charge in [-0.1, -0.05) is 113 Å². The number of nitrogens with zero attached hydrogens (tertiary/aromatic N) is 2. The second-order valence-corrected chi connectivity index (χ2v) is 11.3. The Morgan fingerprint density at radius 1 is 0.500 bits per heavy atom. The van der Waals surface area contributed by atoms with Crippen LogP contribution in [0.5, 0.6) is 0 Å². The lowest BCUT2D eigenvalue weighted by molar-refractivity contribution is 1.23. The standard InChI is InChI=1S/C36H20BrClN2/c37-24-15-17-29-27-13-7-6-12-26(27)28-16-14-23(19-31(28)32(29)20-24)30-18-22-10-4-5-11-25(22)35-33(30)34(39-36(38)40-35)21-8-2-1-3-9-21/h1-20H. The molecule has 0 radical (unpaired) electrons. The van der Waals surface area contributed by atoms with Gasteiger partial charge < -0.3 is 0 Å². The van der Waals surface area contributed by atoms with E-state index in [0.717, 1.165) is 48.5 Å². The van der Waals surface area contributed by atoms with Crippen LogP contribution >= 0.6 is 27.5 Å². The molecule has 4 heteroatoms. The minimum absolute atomic E-state index is 0.245. The van der Waals surface area contributed by atoms with Gasteiger partial charge in [0.25, 0.3) is 0 Å². The third-order valence-electron chi connectivity index (χ3n) is 7.82. The topological polar surface area (TPSA) is 25.8 Å². The van der Waals surface area contributed by atoms with Crippen LogP contribution in [-0.2, 0) is 0 Å². The first-order chi connectivity index (χ1) is 19.7. The van der Waals surface area contributed by atoms with Gasteiger partial charge in [0.1, 0.15) is 0 Å². The molecule has 0 bridgehead atoms. The van der Waals surface area contributed by atoms with Crippen molar-refractivity contribution in [2.75, 3.05) is 0 Å². The fraction of sp³-hybridized carbons (Fsp3) is 0. The molecule has 2 nitrogen and oxygen atoms in total. The van der Waals surface area contributed by atoms with Crippen molar-refractivity contribution in [3.05, 3.63) is 131 Å². The van der Waals surface area contributed by atoms with E-state index < -0.39 is 0 Å². The van der Waals surface area contributed by atoms with Crippen molar-refractivity contribution in [1.82, 2.24) is 9.97 Å². The van der Waals surface area contributed by atoms with Crippen molar-refractivity contribution in [3.63, 3.8) is 0 Å². The molecule has 0 aliphatic heterocycles. The highest BCUT2D eigenvalue weighted by molar-refractivity contribution is 9.10. The first-order valence-electron chi connectivity index (χ1n) is 13.1. The van der Waals surface area contributed by atoms with E-state index in [2.05, 4.69) is 113 Å². The van der Waals surface area contributed by atoms with Crippen LogP contribution in [0.25, 0.3) is 76.4 Å². The van der Waals surface area contributed by atoms with E-state index in [1.165, 1.54) is 32.3 Å². The molecule has 0 saturated heterocycles. The van der Waals surface area contributed by atoms with Crippen molar-refractivity contribution < 1.29 is 0 Å². The second kappa shape index (κ2) is 9.12. The molecular formula is C36H20BrClN2. The van der Waals surface area contributed by atoms with Crippen molar-refractivity contribution in [1.29, 1.82) is 0 Å². The van der Waals surface area contributed by atoms with Gasteiger partial charge in [-0.05, 0) is 84.7 Å². The lowest BCUT2D eigenvalue weighted by atomic mass is 9.89. The summed E-state index contributed by atoms with van der Waals surface area (Å²) in [6.45, 7) is 0. The maximum Gasteiger partial charge on any atom is 0.223 e. The quantitative estimate of drug-likeness (QED) is 0.147. The van der Waals surface area contributed by atoms with Gasteiger partial charge in [-0.2, -0.15) is 0 Å². The summed E-state index contributed by atoms with van der Waals surface area (Å²) >= 11 is 10.3. The predicted octanol–water partition coefficient (Wildman–Crippen LogP) is 11.0. The molecule has 8 rings (SSSR count). The number of hydrogen-bond acceptors (Lipinski definition) is 2. The molecule has 40 heavy (non-hydrogen) atoms. The van der Waals surface area contributed by atoms with E-state index in [1.54, 1.807) is 0 Å². The number of aromatic nitrogens is 2. The SMILES string of the molecule is Clc1nc(-c2ccccc2)c2c(-c3ccc4c5ccccc5c5ccc(Br)cc5c4c3)cc3ccccc3c2n1. The average Bonchev–Trinajstić information content (AvgIpc) is 3.00. The molecule has 0 aliphatic carbocycles. The molecule has 0 atom stereocenters. The molecule has 0 amide bonds. The van der Waals surface area contributed by atoms with Crippen molar-refractivity contribution in [2.45, 2.75) is 0 Å². The van der Waals surface area contributed by atoms with E-state index in [-0.39, 0.29) is 5.28 Å². The highest BCUT2D eigenvalue weighted by Gasteiger charge is 2.18. The summed E-state index contributed by atoms with van der Waals surface area (Å²) in [5.74, 6) is 0. The molecule has 7 aromatic carbocycles. The highest BCUT2D eigenvalue weighted by Crippen LogP contribution is 2.42. The van der Waals surface area contributed by atoms with E-state index >= 15 is 0 Å². The molecule has 1 aromatic heterocycles. The third-order valence-corrected chi connectivity index (χ3v) is 8.49. The van der Waals surface area contributed by atoms with Crippen LogP contribution in [0, 0.1) is 0 Å². The van der Waals surface area contributed by atoms with Gasteiger partial charge in [-0.3, -0.25) is 0 Å². The first-order valence-corrected chi connectivity index (χ1v) is 14.3. The van der Waals surface area contributed by atoms with E-state index in [1.807, 2.05) is 24.3 Å². The summed E-state index contributed by atoms with van der Waals surface area (Å²) in [6.07, 6.45) is 0. The predicted molar refractivity (Wildman–Crippen MR) is 173 cm³/mol. The smallest absolute Gasteiger partial charge is 0.217 e. The van der Waals surface area contributed by atoms with Crippen molar-refractivity contribution in [2.24, 2.45) is 0 Å². The Balaban J connectivity index is 1.54. The molecule has 0 saturated carbocycles. The zero-order valence-electron chi connectivity index (χ0n) is 21.2. The van der Waals surface area contributed by atoms with E-state index in [0.29, 0.717) is 0 Å². The Bertz CT molecular complexity index is 2290. The van der Waals surface area contributed by atoms with Crippen LogP contribution in [0.4, 0.5) is 0 Å².